The Kier molecular flexibility index (Phi) is 3.57. The smallest absolute Gasteiger partial charge is 0.253 e. The Bertz CT molecular complexity index is 342. The van der Waals surface area contributed by atoms with E-state index in [2.05, 4.69) is 17.9 Å². The van der Waals surface area contributed by atoms with E-state index in [-0.39, 0.29) is 5.91 Å². The summed E-state index contributed by atoms with van der Waals surface area (Å²) < 4.78 is 0. The van der Waals surface area contributed by atoms with Crippen LogP contribution in [0.4, 0.5) is 0 Å². The van der Waals surface area contributed by atoms with Gasteiger partial charge in [0.05, 0.1) is 0 Å². The number of benzene rings is 1. The number of amides is 1. The lowest BCUT2D eigenvalue weighted by molar-refractivity contribution is 0.0643. The molecule has 0 bridgehead atoms. The van der Waals surface area contributed by atoms with Gasteiger partial charge < -0.3 is 9.80 Å². The molecule has 0 spiro atoms. The van der Waals surface area contributed by atoms with E-state index in [1.165, 1.54) is 0 Å². The predicted molar refractivity (Wildman–Crippen MR) is 63.3 cm³/mol. The highest BCUT2D eigenvalue weighted by Gasteiger charge is 2.20. The van der Waals surface area contributed by atoms with Gasteiger partial charge in [-0.1, -0.05) is 19.1 Å². The molecule has 1 aliphatic rings. The molecular weight excluding hydrogens is 200 g/mol. The van der Waals surface area contributed by atoms with Crippen LogP contribution in [-0.2, 0) is 0 Å². The molecule has 16 heavy (non-hydrogen) atoms. The summed E-state index contributed by atoms with van der Waals surface area (Å²) in [6.45, 7) is 6.88. The minimum Gasteiger partial charge on any atom is -0.336 e. The molecule has 0 aromatic heterocycles. The maximum atomic E-state index is 12.1. The number of nitrogens with zero attached hydrogens (tertiary/aromatic N) is 2. The number of rotatable bonds is 2. The van der Waals surface area contributed by atoms with Crippen molar-refractivity contribution >= 4 is 5.91 Å². The van der Waals surface area contributed by atoms with Crippen molar-refractivity contribution in [2.24, 2.45) is 0 Å². The fourth-order valence-corrected chi connectivity index (χ4v) is 1.98. The molecule has 1 fully saturated rings. The van der Waals surface area contributed by atoms with Gasteiger partial charge in [-0.2, -0.15) is 0 Å². The van der Waals surface area contributed by atoms with Crippen molar-refractivity contribution < 1.29 is 4.79 Å². The summed E-state index contributed by atoms with van der Waals surface area (Å²) >= 11 is 0. The second kappa shape index (κ2) is 5.12. The van der Waals surface area contributed by atoms with Crippen molar-refractivity contribution in [1.29, 1.82) is 0 Å². The molecule has 85 valence electrons. The molecule has 1 aromatic carbocycles. The lowest BCUT2D eigenvalue weighted by Gasteiger charge is -2.34. The SMILES string of the molecule is CCN1CCN(C(=O)c2cc[c]cc2)CC1. The van der Waals surface area contributed by atoms with Crippen LogP contribution in [0.1, 0.15) is 17.3 Å². The van der Waals surface area contributed by atoms with Gasteiger partial charge in [0, 0.05) is 31.7 Å². The molecule has 1 saturated heterocycles. The number of likely N-dealkylation sites (N-methyl/N-ethyl adjacent to an activating group) is 1. The van der Waals surface area contributed by atoms with Gasteiger partial charge in [0.2, 0.25) is 0 Å². The number of piperazine rings is 1. The van der Waals surface area contributed by atoms with Crippen LogP contribution < -0.4 is 0 Å². The Balaban J connectivity index is 1.97. The maximum Gasteiger partial charge on any atom is 0.253 e. The first kappa shape index (κ1) is 11.1. The predicted octanol–water partition coefficient (Wildman–Crippen LogP) is 1.26. The monoisotopic (exact) mass is 217 g/mol. The van der Waals surface area contributed by atoms with Gasteiger partial charge >= 0.3 is 0 Å². The molecule has 1 heterocycles. The summed E-state index contributed by atoms with van der Waals surface area (Å²) in [5.74, 6) is 0.143. The molecule has 0 aliphatic carbocycles. The number of hydrogen-bond acceptors (Lipinski definition) is 2. The number of hydrogen-bond donors (Lipinski definition) is 0. The van der Waals surface area contributed by atoms with Crippen molar-refractivity contribution in [2.75, 3.05) is 32.7 Å². The van der Waals surface area contributed by atoms with Crippen molar-refractivity contribution in [3.63, 3.8) is 0 Å². The van der Waals surface area contributed by atoms with E-state index in [1.807, 2.05) is 17.0 Å². The first-order chi connectivity index (χ1) is 7.81. The molecule has 1 amide bonds. The summed E-state index contributed by atoms with van der Waals surface area (Å²) in [7, 11) is 0. The van der Waals surface area contributed by atoms with Crippen LogP contribution in [0, 0.1) is 6.07 Å². The molecule has 1 aromatic rings. The van der Waals surface area contributed by atoms with Gasteiger partial charge in [0.1, 0.15) is 0 Å². The third kappa shape index (κ3) is 2.42. The van der Waals surface area contributed by atoms with Crippen LogP contribution in [0.5, 0.6) is 0 Å². The standard InChI is InChI=1S/C13H17N2O/c1-2-14-8-10-15(11-9-14)13(16)12-6-4-3-5-7-12/h4-7H,2,8-11H2,1H3. The Hall–Kier alpha value is -1.35. The largest absolute Gasteiger partial charge is 0.336 e. The van der Waals surface area contributed by atoms with Crippen LogP contribution in [0.2, 0.25) is 0 Å². The zero-order valence-electron chi connectivity index (χ0n) is 9.65. The average molecular weight is 217 g/mol. The summed E-state index contributed by atoms with van der Waals surface area (Å²) in [5, 5.41) is 0. The van der Waals surface area contributed by atoms with Gasteiger partial charge in [0.15, 0.2) is 0 Å². The van der Waals surface area contributed by atoms with Crippen molar-refractivity contribution in [3.8, 4) is 0 Å². The topological polar surface area (TPSA) is 23.6 Å². The van der Waals surface area contributed by atoms with Crippen LogP contribution in [0.25, 0.3) is 0 Å². The summed E-state index contributed by atoms with van der Waals surface area (Å²) in [6, 6.07) is 10.2. The van der Waals surface area contributed by atoms with Gasteiger partial charge in [-0.15, -0.1) is 0 Å². The quantitative estimate of drug-likeness (QED) is 0.744. The van der Waals surface area contributed by atoms with E-state index >= 15 is 0 Å². The Morgan fingerprint density at radius 2 is 1.88 bits per heavy atom. The van der Waals surface area contributed by atoms with Gasteiger partial charge in [-0.3, -0.25) is 4.79 Å². The van der Waals surface area contributed by atoms with Gasteiger partial charge in [-0.05, 0) is 24.7 Å². The van der Waals surface area contributed by atoms with Crippen molar-refractivity contribution in [1.82, 2.24) is 9.80 Å². The maximum absolute atomic E-state index is 12.1. The summed E-state index contributed by atoms with van der Waals surface area (Å²) in [6.07, 6.45) is 0. The zero-order chi connectivity index (χ0) is 11.4. The fraction of sp³-hybridized carbons (Fsp3) is 0.462. The average Bonchev–Trinajstić information content (AvgIpc) is 2.39. The highest BCUT2D eigenvalue weighted by Crippen LogP contribution is 2.08. The summed E-state index contributed by atoms with van der Waals surface area (Å²) in [5.41, 5.74) is 0.767. The third-order valence-electron chi connectivity index (χ3n) is 3.07. The molecule has 2 rings (SSSR count). The van der Waals surface area contributed by atoms with Crippen LogP contribution in [0.15, 0.2) is 24.3 Å². The fourth-order valence-electron chi connectivity index (χ4n) is 1.98. The number of carbonyl (C=O) groups is 1. The van der Waals surface area contributed by atoms with E-state index in [4.69, 9.17) is 0 Å². The van der Waals surface area contributed by atoms with Crippen molar-refractivity contribution in [3.05, 3.63) is 35.9 Å². The highest BCUT2D eigenvalue weighted by molar-refractivity contribution is 5.94. The second-order valence-electron chi connectivity index (χ2n) is 4.02. The highest BCUT2D eigenvalue weighted by atomic mass is 16.2. The lowest BCUT2D eigenvalue weighted by Crippen LogP contribution is -2.48. The second-order valence-corrected chi connectivity index (χ2v) is 4.02. The first-order valence-corrected chi connectivity index (χ1v) is 5.79. The molecule has 0 saturated carbocycles. The Labute approximate surface area is 96.7 Å². The summed E-state index contributed by atoms with van der Waals surface area (Å²) in [4.78, 5) is 16.4. The molecular formula is C13H17N2O. The Morgan fingerprint density at radius 1 is 1.25 bits per heavy atom. The molecule has 0 N–H and O–H groups in total. The molecule has 0 unspecified atom stereocenters. The first-order valence-electron chi connectivity index (χ1n) is 5.79. The Morgan fingerprint density at radius 3 is 2.44 bits per heavy atom. The molecule has 0 atom stereocenters. The normalized spacial score (nSPS) is 17.4. The van der Waals surface area contributed by atoms with Crippen molar-refractivity contribution in [2.45, 2.75) is 6.92 Å². The minimum absolute atomic E-state index is 0.143. The van der Waals surface area contributed by atoms with E-state index < -0.39 is 0 Å². The molecule has 3 heteroatoms. The van der Waals surface area contributed by atoms with Crippen LogP contribution in [-0.4, -0.2) is 48.4 Å². The zero-order valence-corrected chi connectivity index (χ0v) is 9.65. The lowest BCUT2D eigenvalue weighted by atomic mass is 10.2. The molecule has 1 radical (unpaired) electrons. The van der Waals surface area contributed by atoms with Crippen LogP contribution >= 0.6 is 0 Å². The minimum atomic E-state index is 0.143. The number of carbonyl (C=O) groups excluding carboxylic acids is 1. The molecule has 3 nitrogen and oxygen atoms in total. The van der Waals surface area contributed by atoms with Gasteiger partial charge in [-0.25, -0.2) is 0 Å². The van der Waals surface area contributed by atoms with E-state index in [9.17, 15) is 4.79 Å². The van der Waals surface area contributed by atoms with Gasteiger partial charge in [0.25, 0.3) is 5.91 Å². The third-order valence-corrected chi connectivity index (χ3v) is 3.07. The molecule has 1 aliphatic heterocycles. The van der Waals surface area contributed by atoms with E-state index in [0.717, 1.165) is 38.3 Å². The van der Waals surface area contributed by atoms with Crippen LogP contribution in [0.3, 0.4) is 0 Å². The van der Waals surface area contributed by atoms with E-state index in [0.29, 0.717) is 0 Å². The van der Waals surface area contributed by atoms with E-state index in [1.54, 1.807) is 12.1 Å².